The van der Waals surface area contributed by atoms with Crippen LogP contribution in [0.1, 0.15) is 39.5 Å². The maximum absolute atomic E-state index is 6.23. The average molecular weight is 226 g/mol. The minimum absolute atomic E-state index is 0.226. The molecule has 2 rings (SSSR count). The van der Waals surface area contributed by atoms with Crippen molar-refractivity contribution in [1.29, 1.82) is 0 Å². The van der Waals surface area contributed by atoms with Crippen molar-refractivity contribution in [3.8, 4) is 0 Å². The Morgan fingerprint density at radius 3 is 2.94 bits per heavy atom. The molecule has 2 aliphatic heterocycles. The molecule has 94 valence electrons. The van der Waals surface area contributed by atoms with Gasteiger partial charge in [0.2, 0.25) is 0 Å². The number of hydrogen-bond donors (Lipinski definition) is 1. The van der Waals surface area contributed by atoms with E-state index in [1.807, 2.05) is 0 Å². The van der Waals surface area contributed by atoms with E-state index in [4.69, 9.17) is 10.5 Å². The van der Waals surface area contributed by atoms with E-state index in [9.17, 15) is 0 Å². The number of morpholine rings is 1. The van der Waals surface area contributed by atoms with Crippen LogP contribution >= 0.6 is 0 Å². The van der Waals surface area contributed by atoms with Crippen molar-refractivity contribution < 1.29 is 4.74 Å². The summed E-state index contributed by atoms with van der Waals surface area (Å²) in [4.78, 5) is 2.57. The number of hydrogen-bond acceptors (Lipinski definition) is 3. The molecule has 0 aromatic carbocycles. The molecule has 2 heterocycles. The molecular weight excluding hydrogens is 200 g/mol. The van der Waals surface area contributed by atoms with E-state index in [2.05, 4.69) is 18.7 Å². The van der Waals surface area contributed by atoms with Crippen molar-refractivity contribution in [2.24, 2.45) is 11.7 Å². The number of nitrogens with zero attached hydrogens (tertiary/aromatic N) is 1. The molecular formula is C13H26N2O. The highest BCUT2D eigenvalue weighted by atomic mass is 16.5. The van der Waals surface area contributed by atoms with E-state index in [0.29, 0.717) is 6.04 Å². The van der Waals surface area contributed by atoms with Gasteiger partial charge in [-0.25, -0.2) is 0 Å². The van der Waals surface area contributed by atoms with E-state index < -0.39 is 0 Å². The standard InChI is InChI=1S/C13H26N2O/c1-10(2)5-6-12(14)13-8-15-7-3-4-11(15)9-16-13/h10-13H,3-9,14H2,1-2H3. The average Bonchev–Trinajstić information content (AvgIpc) is 2.72. The minimum Gasteiger partial charge on any atom is -0.374 e. The Bertz CT molecular complexity index is 220. The molecule has 0 saturated carbocycles. The molecule has 16 heavy (non-hydrogen) atoms. The van der Waals surface area contributed by atoms with Crippen molar-refractivity contribution in [1.82, 2.24) is 4.90 Å². The molecule has 0 aromatic heterocycles. The highest BCUT2D eigenvalue weighted by Gasteiger charge is 2.34. The van der Waals surface area contributed by atoms with Gasteiger partial charge in [0.1, 0.15) is 0 Å². The minimum atomic E-state index is 0.226. The van der Waals surface area contributed by atoms with Gasteiger partial charge in [0, 0.05) is 18.6 Å². The summed E-state index contributed by atoms with van der Waals surface area (Å²) in [6.07, 6.45) is 5.23. The van der Waals surface area contributed by atoms with E-state index in [1.54, 1.807) is 0 Å². The topological polar surface area (TPSA) is 38.5 Å². The van der Waals surface area contributed by atoms with Crippen LogP contribution < -0.4 is 5.73 Å². The first-order valence-electron chi connectivity index (χ1n) is 6.78. The van der Waals surface area contributed by atoms with E-state index >= 15 is 0 Å². The van der Waals surface area contributed by atoms with Crippen molar-refractivity contribution in [3.05, 3.63) is 0 Å². The molecule has 0 spiro atoms. The van der Waals surface area contributed by atoms with Crippen LogP contribution in [0.15, 0.2) is 0 Å². The molecule has 2 saturated heterocycles. The summed E-state index contributed by atoms with van der Waals surface area (Å²) >= 11 is 0. The summed E-state index contributed by atoms with van der Waals surface area (Å²) in [6.45, 7) is 7.72. The quantitative estimate of drug-likeness (QED) is 0.791. The van der Waals surface area contributed by atoms with Gasteiger partial charge in [0.05, 0.1) is 12.7 Å². The summed E-state index contributed by atoms with van der Waals surface area (Å²) in [7, 11) is 0. The van der Waals surface area contributed by atoms with Crippen LogP contribution in [0.4, 0.5) is 0 Å². The third-order valence-electron chi connectivity index (χ3n) is 3.97. The van der Waals surface area contributed by atoms with E-state index in [0.717, 1.165) is 25.5 Å². The second-order valence-electron chi connectivity index (χ2n) is 5.80. The molecule has 0 radical (unpaired) electrons. The van der Waals surface area contributed by atoms with Gasteiger partial charge in [-0.05, 0) is 38.1 Å². The van der Waals surface area contributed by atoms with Crippen LogP contribution in [0.5, 0.6) is 0 Å². The Morgan fingerprint density at radius 2 is 2.19 bits per heavy atom. The summed E-state index contributed by atoms with van der Waals surface area (Å²) in [5.41, 5.74) is 6.23. The van der Waals surface area contributed by atoms with Crippen LogP contribution in [-0.4, -0.2) is 42.8 Å². The lowest BCUT2D eigenvalue weighted by Gasteiger charge is -2.37. The lowest BCUT2D eigenvalue weighted by atomic mass is 9.99. The third-order valence-corrected chi connectivity index (χ3v) is 3.97. The van der Waals surface area contributed by atoms with Gasteiger partial charge in [-0.3, -0.25) is 4.90 Å². The van der Waals surface area contributed by atoms with Crippen molar-refractivity contribution in [3.63, 3.8) is 0 Å². The molecule has 3 nitrogen and oxygen atoms in total. The van der Waals surface area contributed by atoms with Gasteiger partial charge in [-0.1, -0.05) is 13.8 Å². The third kappa shape index (κ3) is 2.96. The number of fused-ring (bicyclic) bond motifs is 1. The van der Waals surface area contributed by atoms with Crippen LogP contribution in [0.2, 0.25) is 0 Å². The monoisotopic (exact) mass is 226 g/mol. The molecule has 0 aromatic rings. The molecule has 3 unspecified atom stereocenters. The lowest BCUT2D eigenvalue weighted by Crippen LogP contribution is -2.52. The van der Waals surface area contributed by atoms with Crippen LogP contribution in [0.25, 0.3) is 0 Å². The SMILES string of the molecule is CC(C)CCC(N)C1CN2CCCC2CO1. The first kappa shape index (κ1) is 12.3. The van der Waals surface area contributed by atoms with E-state index in [1.165, 1.54) is 25.8 Å². The Hall–Kier alpha value is -0.120. The summed E-state index contributed by atoms with van der Waals surface area (Å²) in [5, 5.41) is 0. The Morgan fingerprint density at radius 1 is 1.38 bits per heavy atom. The zero-order valence-corrected chi connectivity index (χ0v) is 10.7. The normalized spacial score (nSPS) is 33.0. The molecule has 0 amide bonds. The lowest BCUT2D eigenvalue weighted by molar-refractivity contribution is -0.0605. The maximum atomic E-state index is 6.23. The smallest absolute Gasteiger partial charge is 0.0853 e. The predicted molar refractivity (Wildman–Crippen MR) is 66.4 cm³/mol. The maximum Gasteiger partial charge on any atom is 0.0853 e. The van der Waals surface area contributed by atoms with Crippen LogP contribution in [0.3, 0.4) is 0 Å². The second kappa shape index (κ2) is 5.48. The largest absolute Gasteiger partial charge is 0.374 e. The molecule has 3 atom stereocenters. The van der Waals surface area contributed by atoms with E-state index in [-0.39, 0.29) is 12.1 Å². The number of nitrogens with two attached hydrogens (primary N) is 1. The van der Waals surface area contributed by atoms with Gasteiger partial charge in [0.15, 0.2) is 0 Å². The molecule has 2 N–H and O–H groups in total. The second-order valence-corrected chi connectivity index (χ2v) is 5.80. The van der Waals surface area contributed by atoms with Crippen LogP contribution in [0, 0.1) is 5.92 Å². The first-order valence-corrected chi connectivity index (χ1v) is 6.78. The fourth-order valence-corrected chi connectivity index (χ4v) is 2.81. The Kier molecular flexibility index (Phi) is 4.22. The predicted octanol–water partition coefficient (Wildman–Crippen LogP) is 1.61. The number of ether oxygens (including phenoxy) is 1. The van der Waals surface area contributed by atoms with Crippen LogP contribution in [-0.2, 0) is 4.74 Å². The Labute approximate surface area is 99.3 Å². The van der Waals surface area contributed by atoms with Gasteiger partial charge < -0.3 is 10.5 Å². The molecule has 2 fully saturated rings. The first-order chi connectivity index (χ1) is 7.66. The fraction of sp³-hybridized carbons (Fsp3) is 1.00. The molecule has 3 heteroatoms. The van der Waals surface area contributed by atoms with Gasteiger partial charge >= 0.3 is 0 Å². The summed E-state index contributed by atoms with van der Waals surface area (Å²) < 4.78 is 5.92. The van der Waals surface area contributed by atoms with Crippen molar-refractivity contribution >= 4 is 0 Å². The molecule has 0 aliphatic carbocycles. The molecule has 0 bridgehead atoms. The summed E-state index contributed by atoms with van der Waals surface area (Å²) in [5.74, 6) is 0.745. The van der Waals surface area contributed by atoms with Gasteiger partial charge in [0.25, 0.3) is 0 Å². The van der Waals surface area contributed by atoms with Gasteiger partial charge in [-0.15, -0.1) is 0 Å². The number of rotatable bonds is 4. The fourth-order valence-electron chi connectivity index (χ4n) is 2.81. The molecule has 2 aliphatic rings. The van der Waals surface area contributed by atoms with Crippen molar-refractivity contribution in [2.45, 2.75) is 57.7 Å². The Balaban J connectivity index is 1.77. The van der Waals surface area contributed by atoms with Gasteiger partial charge in [-0.2, -0.15) is 0 Å². The van der Waals surface area contributed by atoms with Crippen molar-refractivity contribution in [2.75, 3.05) is 19.7 Å². The summed E-state index contributed by atoms with van der Waals surface area (Å²) in [6, 6.07) is 0.914. The zero-order chi connectivity index (χ0) is 11.5. The highest BCUT2D eigenvalue weighted by molar-refractivity contribution is 4.88. The highest BCUT2D eigenvalue weighted by Crippen LogP contribution is 2.24. The zero-order valence-electron chi connectivity index (χ0n) is 10.7.